The molecular weight excluding hydrogens is 407 g/mol. The topological polar surface area (TPSA) is 79.6 Å². The molecule has 27 heavy (non-hydrogen) atoms. The standard InChI is InChI=1S/C15H15ClF3N5O2S/c16-10-5-9(15(17,18)19)7-24-13(10)21-22-14(24)27-8-11(25)20-6-12(26)23-3-1-2-4-23/h5,7H,1-4,6,8H2,(H,20,25). The van der Waals surface area contributed by atoms with Gasteiger partial charge in [-0.05, 0) is 18.9 Å². The van der Waals surface area contributed by atoms with E-state index in [2.05, 4.69) is 15.5 Å². The molecule has 2 aromatic rings. The summed E-state index contributed by atoms with van der Waals surface area (Å²) < 4.78 is 39.9. The summed E-state index contributed by atoms with van der Waals surface area (Å²) in [5.74, 6) is -0.704. The fraction of sp³-hybridized carbons (Fsp3) is 0.467. The Kier molecular flexibility index (Phi) is 5.80. The third-order valence-corrected chi connectivity index (χ3v) is 5.21. The van der Waals surface area contributed by atoms with Crippen molar-refractivity contribution in [2.45, 2.75) is 24.2 Å². The van der Waals surface area contributed by atoms with E-state index in [0.29, 0.717) is 13.1 Å². The first-order chi connectivity index (χ1) is 12.8. The molecule has 7 nitrogen and oxygen atoms in total. The maximum Gasteiger partial charge on any atom is 0.417 e. The molecule has 3 rings (SSSR count). The Labute approximate surface area is 161 Å². The van der Waals surface area contributed by atoms with E-state index in [0.717, 1.165) is 41.3 Å². The van der Waals surface area contributed by atoms with Gasteiger partial charge in [0.2, 0.25) is 11.8 Å². The summed E-state index contributed by atoms with van der Waals surface area (Å²) in [5, 5.41) is 9.93. The lowest BCUT2D eigenvalue weighted by Gasteiger charge is -2.15. The molecule has 0 unspecified atom stereocenters. The first-order valence-electron chi connectivity index (χ1n) is 8.04. The number of pyridine rings is 1. The van der Waals surface area contributed by atoms with E-state index in [-0.39, 0.29) is 34.0 Å². The number of aromatic nitrogens is 3. The highest BCUT2D eigenvalue weighted by molar-refractivity contribution is 7.99. The van der Waals surface area contributed by atoms with Gasteiger partial charge >= 0.3 is 6.18 Å². The molecule has 1 aliphatic rings. The van der Waals surface area contributed by atoms with Crippen molar-refractivity contribution >= 4 is 40.8 Å². The van der Waals surface area contributed by atoms with Crippen LogP contribution in [0, 0.1) is 0 Å². The van der Waals surface area contributed by atoms with Crippen LogP contribution in [-0.2, 0) is 15.8 Å². The molecule has 2 aromatic heterocycles. The van der Waals surface area contributed by atoms with Crippen LogP contribution in [0.25, 0.3) is 5.65 Å². The Morgan fingerprint density at radius 2 is 1.96 bits per heavy atom. The van der Waals surface area contributed by atoms with Gasteiger partial charge in [-0.15, -0.1) is 10.2 Å². The van der Waals surface area contributed by atoms with Crippen LogP contribution in [0.1, 0.15) is 18.4 Å². The molecule has 0 saturated carbocycles. The fourth-order valence-corrected chi connectivity index (χ4v) is 3.61. The van der Waals surface area contributed by atoms with Crippen LogP contribution in [0.2, 0.25) is 5.02 Å². The second-order valence-corrected chi connectivity index (χ2v) is 7.25. The first-order valence-corrected chi connectivity index (χ1v) is 9.41. The van der Waals surface area contributed by atoms with Crippen LogP contribution in [0.4, 0.5) is 13.2 Å². The van der Waals surface area contributed by atoms with Crippen LogP contribution < -0.4 is 5.32 Å². The van der Waals surface area contributed by atoms with Crippen LogP contribution in [0.5, 0.6) is 0 Å². The van der Waals surface area contributed by atoms with Crippen LogP contribution >= 0.6 is 23.4 Å². The van der Waals surface area contributed by atoms with E-state index >= 15 is 0 Å². The average Bonchev–Trinajstić information content (AvgIpc) is 3.27. The molecule has 2 amide bonds. The number of nitrogens with one attached hydrogen (secondary N) is 1. The summed E-state index contributed by atoms with van der Waals surface area (Å²) in [5.41, 5.74) is -0.876. The highest BCUT2D eigenvalue weighted by atomic mass is 35.5. The molecule has 0 aliphatic carbocycles. The minimum absolute atomic E-state index is 0.0665. The zero-order valence-corrected chi connectivity index (χ0v) is 15.5. The minimum Gasteiger partial charge on any atom is -0.346 e. The number of carbonyl (C=O) groups excluding carboxylic acids is 2. The molecular formula is C15H15ClF3N5O2S. The van der Waals surface area contributed by atoms with E-state index in [9.17, 15) is 22.8 Å². The molecule has 146 valence electrons. The van der Waals surface area contributed by atoms with E-state index in [1.807, 2.05) is 0 Å². The largest absolute Gasteiger partial charge is 0.417 e. The van der Waals surface area contributed by atoms with Gasteiger partial charge in [-0.3, -0.25) is 14.0 Å². The van der Waals surface area contributed by atoms with Crippen molar-refractivity contribution < 1.29 is 22.8 Å². The number of halogens is 4. The molecule has 0 radical (unpaired) electrons. The van der Waals surface area contributed by atoms with Crippen molar-refractivity contribution in [2.75, 3.05) is 25.4 Å². The summed E-state index contributed by atoms with van der Waals surface area (Å²) in [6.07, 6.45) is -1.83. The summed E-state index contributed by atoms with van der Waals surface area (Å²) in [7, 11) is 0. The lowest BCUT2D eigenvalue weighted by Crippen LogP contribution is -2.39. The molecule has 1 aliphatic heterocycles. The van der Waals surface area contributed by atoms with E-state index in [1.165, 1.54) is 0 Å². The molecule has 12 heteroatoms. The smallest absolute Gasteiger partial charge is 0.346 e. The number of likely N-dealkylation sites (tertiary alicyclic amines) is 1. The monoisotopic (exact) mass is 421 g/mol. The molecule has 0 atom stereocenters. The average molecular weight is 422 g/mol. The Balaban J connectivity index is 1.62. The van der Waals surface area contributed by atoms with Gasteiger partial charge in [0, 0.05) is 19.3 Å². The van der Waals surface area contributed by atoms with Crippen LogP contribution in [-0.4, -0.2) is 56.7 Å². The molecule has 0 spiro atoms. The number of fused-ring (bicyclic) bond motifs is 1. The maximum atomic E-state index is 12.9. The SMILES string of the molecule is O=C(CSc1nnc2c(Cl)cc(C(F)(F)F)cn12)NCC(=O)N1CCCC1. The van der Waals surface area contributed by atoms with Gasteiger partial charge in [-0.1, -0.05) is 23.4 Å². The van der Waals surface area contributed by atoms with E-state index in [1.54, 1.807) is 4.90 Å². The Morgan fingerprint density at radius 3 is 2.63 bits per heavy atom. The van der Waals surface area contributed by atoms with Gasteiger partial charge in [-0.25, -0.2) is 0 Å². The Hall–Kier alpha value is -2.01. The van der Waals surface area contributed by atoms with Crippen molar-refractivity contribution in [3.63, 3.8) is 0 Å². The van der Waals surface area contributed by atoms with Gasteiger partial charge in [-0.2, -0.15) is 13.2 Å². The second-order valence-electron chi connectivity index (χ2n) is 5.90. The molecule has 1 saturated heterocycles. The summed E-state index contributed by atoms with van der Waals surface area (Å²) >= 11 is 6.74. The summed E-state index contributed by atoms with van der Waals surface area (Å²) in [6.45, 7) is 1.28. The van der Waals surface area contributed by atoms with Crippen molar-refractivity contribution in [2.24, 2.45) is 0 Å². The number of amides is 2. The molecule has 1 fully saturated rings. The third kappa shape index (κ3) is 4.64. The number of thioether (sulfide) groups is 1. The maximum absolute atomic E-state index is 12.9. The number of rotatable bonds is 5. The van der Waals surface area contributed by atoms with Crippen LogP contribution in [0.15, 0.2) is 17.4 Å². The van der Waals surface area contributed by atoms with Crippen molar-refractivity contribution in [3.8, 4) is 0 Å². The number of hydrogen-bond acceptors (Lipinski definition) is 5. The summed E-state index contributed by atoms with van der Waals surface area (Å²) in [4.78, 5) is 25.5. The highest BCUT2D eigenvalue weighted by Gasteiger charge is 2.32. The zero-order chi connectivity index (χ0) is 19.6. The van der Waals surface area contributed by atoms with Gasteiger partial charge in [0.15, 0.2) is 10.8 Å². The van der Waals surface area contributed by atoms with Crippen LogP contribution in [0.3, 0.4) is 0 Å². The molecule has 1 N–H and O–H groups in total. The van der Waals surface area contributed by atoms with Crippen molar-refractivity contribution in [3.05, 3.63) is 22.8 Å². The van der Waals surface area contributed by atoms with Crippen molar-refractivity contribution in [1.82, 2.24) is 24.8 Å². The van der Waals surface area contributed by atoms with E-state index in [4.69, 9.17) is 11.6 Å². The number of hydrogen-bond donors (Lipinski definition) is 1. The van der Waals surface area contributed by atoms with E-state index < -0.39 is 17.6 Å². The summed E-state index contributed by atoms with van der Waals surface area (Å²) in [6, 6.07) is 0.774. The Morgan fingerprint density at radius 1 is 1.26 bits per heavy atom. The minimum atomic E-state index is -4.57. The molecule has 3 heterocycles. The fourth-order valence-electron chi connectivity index (χ4n) is 2.62. The lowest BCUT2D eigenvalue weighted by atomic mass is 10.3. The predicted molar refractivity (Wildman–Crippen MR) is 92.5 cm³/mol. The highest BCUT2D eigenvalue weighted by Crippen LogP contribution is 2.33. The number of carbonyl (C=O) groups is 2. The number of nitrogens with zero attached hydrogens (tertiary/aromatic N) is 4. The quantitative estimate of drug-likeness (QED) is 0.749. The van der Waals surface area contributed by atoms with Gasteiger partial charge in [0.25, 0.3) is 0 Å². The predicted octanol–water partition coefficient (Wildman–Crippen LogP) is 2.23. The third-order valence-electron chi connectivity index (χ3n) is 3.98. The van der Waals surface area contributed by atoms with Gasteiger partial charge in [0.1, 0.15) is 0 Å². The normalized spacial score (nSPS) is 14.7. The lowest BCUT2D eigenvalue weighted by molar-refractivity contribution is -0.138. The van der Waals surface area contributed by atoms with Crippen molar-refractivity contribution in [1.29, 1.82) is 0 Å². The van der Waals surface area contributed by atoms with Gasteiger partial charge < -0.3 is 10.2 Å². The molecule has 0 aromatic carbocycles. The van der Waals surface area contributed by atoms with Gasteiger partial charge in [0.05, 0.1) is 22.9 Å². The Bertz CT molecular complexity index is 867. The first kappa shape index (κ1) is 19.7. The number of alkyl halides is 3. The second kappa shape index (κ2) is 7.93. The molecule has 0 bridgehead atoms. The zero-order valence-electron chi connectivity index (χ0n) is 13.9.